The van der Waals surface area contributed by atoms with Crippen molar-refractivity contribution in [2.45, 2.75) is 10.8 Å². The number of ether oxygens (including phenoxy) is 1. The van der Waals surface area contributed by atoms with Gasteiger partial charge in [0, 0.05) is 21.6 Å². The van der Waals surface area contributed by atoms with Crippen LogP contribution in [0.2, 0.25) is 0 Å². The summed E-state index contributed by atoms with van der Waals surface area (Å²) in [6.07, 6.45) is 1.41. The van der Waals surface area contributed by atoms with E-state index in [2.05, 4.69) is 26.2 Å². The van der Waals surface area contributed by atoms with E-state index in [1.807, 2.05) is 12.1 Å². The summed E-state index contributed by atoms with van der Waals surface area (Å²) in [7, 11) is -3.73. The minimum absolute atomic E-state index is 0.0582. The Bertz CT molecular complexity index is 1050. The fourth-order valence-corrected chi connectivity index (χ4v) is 4.06. The van der Waals surface area contributed by atoms with E-state index in [9.17, 15) is 13.2 Å². The van der Waals surface area contributed by atoms with E-state index in [-0.39, 0.29) is 16.7 Å². The van der Waals surface area contributed by atoms with Crippen molar-refractivity contribution in [3.05, 3.63) is 69.6 Å². The largest absolute Gasteiger partial charge is 0.439 e. The Morgan fingerprint density at radius 3 is 2.48 bits per heavy atom. The lowest BCUT2D eigenvalue weighted by atomic mass is 10.2. The number of amides is 1. The second-order valence-electron chi connectivity index (χ2n) is 5.39. The second-order valence-corrected chi connectivity index (χ2v) is 9.26. The number of carbonyl (C=O) groups is 1. The molecule has 0 spiro atoms. The molecule has 0 atom stereocenters. The van der Waals surface area contributed by atoms with Crippen LogP contribution in [0.25, 0.3) is 0 Å². The third-order valence-electron chi connectivity index (χ3n) is 3.38. The van der Waals surface area contributed by atoms with Crippen molar-refractivity contribution in [1.82, 2.24) is 10.3 Å². The highest BCUT2D eigenvalue weighted by Crippen LogP contribution is 2.22. The highest BCUT2D eigenvalue weighted by Gasteiger charge is 2.12. The van der Waals surface area contributed by atoms with Crippen LogP contribution in [0.4, 0.5) is 0 Å². The van der Waals surface area contributed by atoms with E-state index in [4.69, 9.17) is 9.88 Å². The van der Waals surface area contributed by atoms with E-state index in [0.29, 0.717) is 22.1 Å². The Morgan fingerprint density at radius 1 is 1.15 bits per heavy atom. The quantitative estimate of drug-likeness (QED) is 0.577. The first kappa shape index (κ1) is 19.5. The molecular formula is C17H14BrN3O4S2. The topological polar surface area (TPSA) is 111 Å². The van der Waals surface area contributed by atoms with Crippen LogP contribution in [0.3, 0.4) is 0 Å². The molecule has 27 heavy (non-hydrogen) atoms. The second kappa shape index (κ2) is 8.17. The molecule has 0 fully saturated rings. The van der Waals surface area contributed by atoms with Crippen molar-refractivity contribution in [2.75, 3.05) is 0 Å². The van der Waals surface area contributed by atoms with Gasteiger partial charge in [0.1, 0.15) is 9.96 Å². The van der Waals surface area contributed by atoms with Crippen molar-refractivity contribution in [3.8, 4) is 11.6 Å². The number of halogens is 1. The molecule has 3 N–H and O–H groups in total. The monoisotopic (exact) mass is 467 g/mol. The van der Waals surface area contributed by atoms with Gasteiger partial charge in [0.25, 0.3) is 5.91 Å². The molecule has 2 aromatic heterocycles. The molecule has 0 aliphatic heterocycles. The maximum Gasteiger partial charge on any atom is 0.253 e. The first-order valence-corrected chi connectivity index (χ1v) is 10.8. The Kier molecular flexibility index (Phi) is 5.90. The number of primary sulfonamides is 1. The first-order valence-electron chi connectivity index (χ1n) is 7.60. The molecule has 3 aromatic rings. The van der Waals surface area contributed by atoms with Gasteiger partial charge < -0.3 is 10.1 Å². The maximum absolute atomic E-state index is 12.2. The zero-order valence-electron chi connectivity index (χ0n) is 13.8. The minimum Gasteiger partial charge on any atom is -0.439 e. The van der Waals surface area contributed by atoms with Gasteiger partial charge in [0.2, 0.25) is 15.9 Å². The van der Waals surface area contributed by atoms with Gasteiger partial charge in [-0.2, -0.15) is 0 Å². The molecule has 0 aliphatic carbocycles. The summed E-state index contributed by atoms with van der Waals surface area (Å²) in [5, 5.41) is 7.77. The number of nitrogens with zero attached hydrogens (tertiary/aromatic N) is 1. The van der Waals surface area contributed by atoms with Crippen LogP contribution in [-0.2, 0) is 16.6 Å². The summed E-state index contributed by atoms with van der Waals surface area (Å²) < 4.78 is 29.1. The van der Waals surface area contributed by atoms with E-state index < -0.39 is 10.0 Å². The number of nitrogens with two attached hydrogens (primary N) is 1. The highest BCUT2D eigenvalue weighted by atomic mass is 79.9. The lowest BCUT2D eigenvalue weighted by Crippen LogP contribution is -2.22. The van der Waals surface area contributed by atoms with E-state index in [1.165, 1.54) is 12.3 Å². The highest BCUT2D eigenvalue weighted by molar-refractivity contribution is 9.10. The lowest BCUT2D eigenvalue weighted by molar-refractivity contribution is 0.0951. The molecule has 0 radical (unpaired) electrons. The van der Waals surface area contributed by atoms with Crippen LogP contribution in [0, 0.1) is 0 Å². The lowest BCUT2D eigenvalue weighted by Gasteiger charge is -2.06. The number of hydrogen-bond acceptors (Lipinski definition) is 6. The molecule has 1 amide bonds. The third-order valence-corrected chi connectivity index (χ3v) is 6.43. The van der Waals surface area contributed by atoms with Crippen LogP contribution in [0.15, 0.2) is 63.4 Å². The summed E-state index contributed by atoms with van der Waals surface area (Å²) in [6, 6.07) is 13.5. The number of thiophene rings is 1. The van der Waals surface area contributed by atoms with Gasteiger partial charge in [-0.15, -0.1) is 11.3 Å². The Balaban J connectivity index is 1.58. The van der Waals surface area contributed by atoms with Crippen LogP contribution in [0.1, 0.15) is 15.2 Å². The summed E-state index contributed by atoms with van der Waals surface area (Å²) in [5.74, 6) is 0.666. The molecule has 140 valence electrons. The standard InChI is InChI=1S/C17H14BrN3O4S2/c18-12-2-4-13(5-3-12)25-15-7-1-11(9-20-15)17(22)21-10-14-6-8-16(26-14)27(19,23)24/h1-9H,10H2,(H,21,22)(H2,19,23,24). The molecule has 0 aliphatic rings. The Hall–Kier alpha value is -2.27. The summed E-state index contributed by atoms with van der Waals surface area (Å²) in [5.41, 5.74) is 0.362. The molecule has 1 aromatic carbocycles. The predicted octanol–water partition coefficient (Wildman–Crippen LogP) is 3.28. The molecule has 2 heterocycles. The van der Waals surface area contributed by atoms with Crippen molar-refractivity contribution in [3.63, 3.8) is 0 Å². The number of nitrogens with one attached hydrogen (secondary N) is 1. The van der Waals surface area contributed by atoms with Crippen molar-refractivity contribution >= 4 is 43.2 Å². The molecule has 10 heteroatoms. The molecule has 7 nitrogen and oxygen atoms in total. The average molecular weight is 468 g/mol. The van der Waals surface area contributed by atoms with E-state index in [0.717, 1.165) is 15.8 Å². The SMILES string of the molecule is NS(=O)(=O)c1ccc(CNC(=O)c2ccc(Oc3ccc(Br)cc3)nc2)s1. The fourth-order valence-electron chi connectivity index (χ4n) is 2.07. The van der Waals surface area contributed by atoms with Gasteiger partial charge in [0.05, 0.1) is 12.1 Å². The minimum atomic E-state index is -3.73. The van der Waals surface area contributed by atoms with Gasteiger partial charge in [-0.05, 0) is 42.5 Å². The van der Waals surface area contributed by atoms with Crippen molar-refractivity contribution < 1.29 is 17.9 Å². The number of aromatic nitrogens is 1. The fraction of sp³-hybridized carbons (Fsp3) is 0.0588. The maximum atomic E-state index is 12.2. The van der Waals surface area contributed by atoms with Crippen LogP contribution in [0.5, 0.6) is 11.6 Å². The number of sulfonamides is 1. The van der Waals surface area contributed by atoms with Crippen LogP contribution < -0.4 is 15.2 Å². The molecule has 0 bridgehead atoms. The normalized spacial score (nSPS) is 11.2. The summed E-state index contributed by atoms with van der Waals surface area (Å²) in [6.45, 7) is 0.191. The predicted molar refractivity (Wildman–Crippen MR) is 105 cm³/mol. The zero-order valence-corrected chi connectivity index (χ0v) is 17.0. The summed E-state index contributed by atoms with van der Waals surface area (Å²) >= 11 is 4.36. The molecule has 0 saturated heterocycles. The van der Waals surface area contributed by atoms with Gasteiger partial charge in [-0.3, -0.25) is 4.79 Å². The summed E-state index contributed by atoms with van der Waals surface area (Å²) in [4.78, 5) is 17.0. The van der Waals surface area contributed by atoms with Crippen molar-refractivity contribution in [1.29, 1.82) is 0 Å². The smallest absolute Gasteiger partial charge is 0.253 e. The molecule has 0 saturated carbocycles. The molecule has 0 unspecified atom stereocenters. The van der Waals surface area contributed by atoms with Gasteiger partial charge in [0.15, 0.2) is 0 Å². The van der Waals surface area contributed by atoms with Crippen LogP contribution in [-0.4, -0.2) is 19.3 Å². The molecular weight excluding hydrogens is 454 g/mol. The van der Waals surface area contributed by atoms with E-state index >= 15 is 0 Å². The van der Waals surface area contributed by atoms with Gasteiger partial charge in [-0.1, -0.05) is 15.9 Å². The van der Waals surface area contributed by atoms with Crippen LogP contribution >= 0.6 is 27.3 Å². The first-order chi connectivity index (χ1) is 12.8. The zero-order chi connectivity index (χ0) is 19.4. The van der Waals surface area contributed by atoms with Crippen molar-refractivity contribution in [2.24, 2.45) is 5.14 Å². The average Bonchev–Trinajstić information content (AvgIpc) is 3.12. The number of carbonyl (C=O) groups excluding carboxylic acids is 1. The number of hydrogen-bond donors (Lipinski definition) is 2. The number of benzene rings is 1. The third kappa shape index (κ3) is 5.36. The Labute approximate surface area is 168 Å². The van der Waals surface area contributed by atoms with Gasteiger partial charge >= 0.3 is 0 Å². The van der Waals surface area contributed by atoms with E-state index in [1.54, 1.807) is 30.3 Å². The number of rotatable bonds is 6. The number of pyridine rings is 1. The van der Waals surface area contributed by atoms with Gasteiger partial charge in [-0.25, -0.2) is 18.5 Å². The Morgan fingerprint density at radius 2 is 1.89 bits per heavy atom. The molecule has 3 rings (SSSR count).